The number of amides is 1. The molecule has 1 aromatic heterocycles. The SMILES string of the molecule is CC(C)Cn1c(SCC(=O)Nc2cccc(Cl)c2)nnc1-c1ccccc1F. The van der Waals surface area contributed by atoms with E-state index in [4.69, 9.17) is 11.6 Å². The Morgan fingerprint density at radius 2 is 2.00 bits per heavy atom. The number of rotatable bonds is 7. The molecule has 1 amide bonds. The highest BCUT2D eigenvalue weighted by Crippen LogP contribution is 2.27. The van der Waals surface area contributed by atoms with E-state index >= 15 is 0 Å². The molecule has 146 valence electrons. The van der Waals surface area contributed by atoms with Gasteiger partial charge in [0, 0.05) is 17.3 Å². The van der Waals surface area contributed by atoms with E-state index in [1.807, 2.05) is 4.57 Å². The molecule has 0 saturated heterocycles. The van der Waals surface area contributed by atoms with Crippen molar-refractivity contribution in [2.24, 2.45) is 5.92 Å². The molecule has 0 unspecified atom stereocenters. The molecule has 5 nitrogen and oxygen atoms in total. The van der Waals surface area contributed by atoms with E-state index in [0.29, 0.717) is 39.7 Å². The minimum Gasteiger partial charge on any atom is -0.325 e. The zero-order valence-corrected chi connectivity index (χ0v) is 17.1. The molecule has 0 aliphatic rings. The molecule has 0 radical (unpaired) electrons. The lowest BCUT2D eigenvalue weighted by molar-refractivity contribution is -0.113. The lowest BCUT2D eigenvalue weighted by Crippen LogP contribution is -2.15. The summed E-state index contributed by atoms with van der Waals surface area (Å²) in [6.45, 7) is 4.74. The number of carbonyl (C=O) groups is 1. The summed E-state index contributed by atoms with van der Waals surface area (Å²) in [6.07, 6.45) is 0. The van der Waals surface area contributed by atoms with Crippen LogP contribution in [0.5, 0.6) is 0 Å². The molecule has 0 spiro atoms. The molecule has 0 aliphatic heterocycles. The number of anilines is 1. The van der Waals surface area contributed by atoms with Crippen LogP contribution in [-0.4, -0.2) is 26.4 Å². The van der Waals surface area contributed by atoms with E-state index in [1.165, 1.54) is 17.8 Å². The van der Waals surface area contributed by atoms with Crippen molar-refractivity contribution in [2.45, 2.75) is 25.5 Å². The summed E-state index contributed by atoms with van der Waals surface area (Å²) in [6, 6.07) is 13.4. The monoisotopic (exact) mass is 418 g/mol. The maximum absolute atomic E-state index is 14.2. The van der Waals surface area contributed by atoms with Gasteiger partial charge in [-0.1, -0.05) is 55.4 Å². The van der Waals surface area contributed by atoms with Gasteiger partial charge in [-0.2, -0.15) is 0 Å². The van der Waals surface area contributed by atoms with E-state index in [-0.39, 0.29) is 17.5 Å². The third-order valence-electron chi connectivity index (χ3n) is 3.82. The summed E-state index contributed by atoms with van der Waals surface area (Å²) < 4.78 is 16.1. The summed E-state index contributed by atoms with van der Waals surface area (Å²) in [5, 5.41) is 12.3. The lowest BCUT2D eigenvalue weighted by Gasteiger charge is -2.13. The number of nitrogens with zero attached hydrogens (tertiary/aromatic N) is 3. The highest BCUT2D eigenvalue weighted by molar-refractivity contribution is 7.99. The van der Waals surface area contributed by atoms with Gasteiger partial charge >= 0.3 is 0 Å². The van der Waals surface area contributed by atoms with Gasteiger partial charge in [0.15, 0.2) is 11.0 Å². The van der Waals surface area contributed by atoms with Crippen molar-refractivity contribution >= 4 is 35.0 Å². The van der Waals surface area contributed by atoms with Crippen molar-refractivity contribution in [3.8, 4) is 11.4 Å². The number of aromatic nitrogens is 3. The fourth-order valence-electron chi connectivity index (χ4n) is 2.66. The molecule has 3 rings (SSSR count). The minimum absolute atomic E-state index is 0.153. The number of benzene rings is 2. The number of nitrogens with one attached hydrogen (secondary N) is 1. The van der Waals surface area contributed by atoms with Gasteiger partial charge in [-0.05, 0) is 36.2 Å². The van der Waals surface area contributed by atoms with Crippen LogP contribution in [0.2, 0.25) is 5.02 Å². The van der Waals surface area contributed by atoms with Gasteiger partial charge in [-0.25, -0.2) is 4.39 Å². The Balaban J connectivity index is 1.76. The van der Waals surface area contributed by atoms with Crippen LogP contribution in [0.25, 0.3) is 11.4 Å². The van der Waals surface area contributed by atoms with E-state index in [2.05, 4.69) is 29.4 Å². The first-order valence-electron chi connectivity index (χ1n) is 8.80. The number of thioether (sulfide) groups is 1. The summed E-state index contributed by atoms with van der Waals surface area (Å²) in [7, 11) is 0. The molecule has 0 saturated carbocycles. The first kappa shape index (κ1) is 20.4. The first-order valence-corrected chi connectivity index (χ1v) is 10.2. The van der Waals surface area contributed by atoms with E-state index in [1.54, 1.807) is 42.5 Å². The fourth-order valence-corrected chi connectivity index (χ4v) is 3.60. The predicted molar refractivity (Wildman–Crippen MR) is 111 cm³/mol. The van der Waals surface area contributed by atoms with Crippen molar-refractivity contribution < 1.29 is 9.18 Å². The van der Waals surface area contributed by atoms with Gasteiger partial charge in [0.25, 0.3) is 0 Å². The van der Waals surface area contributed by atoms with Crippen LogP contribution in [0, 0.1) is 11.7 Å². The molecule has 0 atom stereocenters. The Labute approximate surface area is 172 Å². The highest BCUT2D eigenvalue weighted by atomic mass is 35.5. The molecular weight excluding hydrogens is 399 g/mol. The second kappa shape index (κ2) is 9.21. The van der Waals surface area contributed by atoms with Crippen LogP contribution in [-0.2, 0) is 11.3 Å². The topological polar surface area (TPSA) is 59.8 Å². The summed E-state index contributed by atoms with van der Waals surface area (Å²) >= 11 is 7.20. The highest BCUT2D eigenvalue weighted by Gasteiger charge is 2.18. The molecular formula is C20H20ClFN4OS. The largest absolute Gasteiger partial charge is 0.325 e. The van der Waals surface area contributed by atoms with Gasteiger partial charge < -0.3 is 9.88 Å². The molecule has 2 aromatic carbocycles. The molecule has 1 heterocycles. The Bertz CT molecular complexity index is 976. The Hall–Kier alpha value is -2.38. The van der Waals surface area contributed by atoms with Crippen LogP contribution in [0.4, 0.5) is 10.1 Å². The van der Waals surface area contributed by atoms with Crippen molar-refractivity contribution in [2.75, 3.05) is 11.1 Å². The Kier molecular flexibility index (Phi) is 6.70. The zero-order valence-electron chi connectivity index (χ0n) is 15.5. The van der Waals surface area contributed by atoms with E-state index in [9.17, 15) is 9.18 Å². The Morgan fingerprint density at radius 3 is 2.71 bits per heavy atom. The van der Waals surface area contributed by atoms with Gasteiger partial charge in [0.2, 0.25) is 5.91 Å². The number of hydrogen-bond donors (Lipinski definition) is 1. The average molecular weight is 419 g/mol. The van der Waals surface area contributed by atoms with Gasteiger partial charge in [-0.15, -0.1) is 10.2 Å². The van der Waals surface area contributed by atoms with Crippen LogP contribution in [0.1, 0.15) is 13.8 Å². The second-order valence-corrected chi connectivity index (χ2v) is 8.02. The van der Waals surface area contributed by atoms with Crippen LogP contribution >= 0.6 is 23.4 Å². The van der Waals surface area contributed by atoms with Crippen molar-refractivity contribution in [1.29, 1.82) is 0 Å². The number of halogens is 2. The third-order valence-corrected chi connectivity index (χ3v) is 5.02. The molecule has 28 heavy (non-hydrogen) atoms. The standard InChI is InChI=1S/C20H20ClFN4OS/c1-13(2)11-26-19(16-8-3-4-9-17(16)22)24-25-20(26)28-12-18(27)23-15-7-5-6-14(21)10-15/h3-10,13H,11-12H2,1-2H3,(H,23,27). The van der Waals surface area contributed by atoms with Crippen molar-refractivity contribution in [3.05, 3.63) is 59.4 Å². The lowest BCUT2D eigenvalue weighted by atomic mass is 10.2. The molecule has 3 aromatic rings. The molecule has 8 heteroatoms. The van der Waals surface area contributed by atoms with Gasteiger partial charge in [0.05, 0.1) is 11.3 Å². The van der Waals surface area contributed by atoms with Crippen LogP contribution in [0.3, 0.4) is 0 Å². The maximum atomic E-state index is 14.2. The van der Waals surface area contributed by atoms with Crippen LogP contribution in [0.15, 0.2) is 53.7 Å². The number of hydrogen-bond acceptors (Lipinski definition) is 4. The molecule has 0 aliphatic carbocycles. The van der Waals surface area contributed by atoms with Gasteiger partial charge in [-0.3, -0.25) is 4.79 Å². The molecule has 0 bridgehead atoms. The summed E-state index contributed by atoms with van der Waals surface area (Å²) in [5.74, 6) is 0.389. The quantitative estimate of drug-likeness (QED) is 0.540. The Morgan fingerprint density at radius 1 is 1.21 bits per heavy atom. The van der Waals surface area contributed by atoms with Gasteiger partial charge in [0.1, 0.15) is 5.82 Å². The summed E-state index contributed by atoms with van der Waals surface area (Å²) in [5.41, 5.74) is 1.03. The first-order chi connectivity index (χ1) is 13.4. The number of carbonyl (C=O) groups excluding carboxylic acids is 1. The van der Waals surface area contributed by atoms with Crippen molar-refractivity contribution in [3.63, 3.8) is 0 Å². The van der Waals surface area contributed by atoms with E-state index in [0.717, 1.165) is 0 Å². The maximum Gasteiger partial charge on any atom is 0.234 e. The van der Waals surface area contributed by atoms with Crippen molar-refractivity contribution in [1.82, 2.24) is 14.8 Å². The van der Waals surface area contributed by atoms with E-state index < -0.39 is 0 Å². The zero-order chi connectivity index (χ0) is 20.1. The average Bonchev–Trinajstić information content (AvgIpc) is 3.02. The van der Waals surface area contributed by atoms with Crippen LogP contribution < -0.4 is 5.32 Å². The molecule has 0 fully saturated rings. The fraction of sp³-hybridized carbons (Fsp3) is 0.250. The minimum atomic E-state index is -0.352. The smallest absolute Gasteiger partial charge is 0.234 e. The summed E-state index contributed by atoms with van der Waals surface area (Å²) in [4.78, 5) is 12.3. The molecule has 1 N–H and O–H groups in total. The normalized spacial score (nSPS) is 11.0. The third kappa shape index (κ3) is 5.11. The second-order valence-electron chi connectivity index (χ2n) is 6.64. The predicted octanol–water partition coefficient (Wildman–Crippen LogP) is 5.12.